The second kappa shape index (κ2) is 8.10. The average Bonchev–Trinajstić information content (AvgIpc) is 3.06. The third-order valence-electron chi connectivity index (χ3n) is 3.15. The van der Waals surface area contributed by atoms with Gasteiger partial charge >= 0.3 is 0 Å². The van der Waals surface area contributed by atoms with Crippen molar-refractivity contribution in [2.75, 3.05) is 11.1 Å². The molecule has 0 saturated carbocycles. The Balaban J connectivity index is 1.62. The van der Waals surface area contributed by atoms with Crippen LogP contribution in [0.3, 0.4) is 0 Å². The summed E-state index contributed by atoms with van der Waals surface area (Å²) in [5.41, 5.74) is 1.21. The Morgan fingerprint density at radius 1 is 1.08 bits per heavy atom. The summed E-state index contributed by atoms with van der Waals surface area (Å²) < 4.78 is 0. The maximum atomic E-state index is 12.1. The van der Waals surface area contributed by atoms with Gasteiger partial charge in [0.25, 0.3) is 0 Å². The molecule has 0 atom stereocenters. The summed E-state index contributed by atoms with van der Waals surface area (Å²) in [7, 11) is 0. The monoisotopic (exact) mass is 412 g/mol. The molecule has 128 valence electrons. The van der Waals surface area contributed by atoms with E-state index < -0.39 is 0 Å². The van der Waals surface area contributed by atoms with Gasteiger partial charge in [-0.05, 0) is 24.3 Å². The van der Waals surface area contributed by atoms with Crippen LogP contribution in [0.5, 0.6) is 0 Å². The van der Waals surface area contributed by atoms with Gasteiger partial charge in [0, 0.05) is 5.56 Å². The van der Waals surface area contributed by atoms with Gasteiger partial charge in [-0.15, -0.1) is 5.10 Å². The molecule has 3 rings (SSSR count). The van der Waals surface area contributed by atoms with Gasteiger partial charge in [0.05, 0.1) is 26.5 Å². The molecule has 0 saturated heterocycles. The molecule has 0 aliphatic rings. The van der Waals surface area contributed by atoms with Gasteiger partial charge in [0.1, 0.15) is 0 Å². The van der Waals surface area contributed by atoms with E-state index in [4.69, 9.17) is 34.8 Å². The van der Waals surface area contributed by atoms with Crippen LogP contribution >= 0.6 is 46.6 Å². The van der Waals surface area contributed by atoms with E-state index in [0.29, 0.717) is 31.7 Å². The van der Waals surface area contributed by atoms with E-state index >= 15 is 0 Å². The van der Waals surface area contributed by atoms with Crippen molar-refractivity contribution in [2.24, 2.45) is 0 Å². The SMILES string of the molecule is O=C(CSc1n[nH]c(-c2ccccc2Cl)n1)Nc1cccc(Cl)c1Cl. The predicted octanol–water partition coefficient (Wildman–Crippen LogP) is 5.16. The quantitative estimate of drug-likeness (QED) is 0.567. The highest BCUT2D eigenvalue weighted by atomic mass is 35.5. The normalized spacial score (nSPS) is 10.7. The Kier molecular flexibility index (Phi) is 5.86. The van der Waals surface area contributed by atoms with Crippen LogP contribution in [0.25, 0.3) is 11.4 Å². The molecule has 1 aromatic heterocycles. The first-order valence-electron chi connectivity index (χ1n) is 7.08. The number of aromatic amines is 1. The molecule has 0 unspecified atom stereocenters. The van der Waals surface area contributed by atoms with Gasteiger partial charge < -0.3 is 5.32 Å². The number of halogens is 3. The van der Waals surface area contributed by atoms with Crippen LogP contribution in [0, 0.1) is 0 Å². The molecule has 3 aromatic rings. The van der Waals surface area contributed by atoms with Crippen molar-refractivity contribution in [2.45, 2.75) is 5.16 Å². The van der Waals surface area contributed by atoms with Gasteiger partial charge in [-0.25, -0.2) is 4.98 Å². The van der Waals surface area contributed by atoms with Crippen LogP contribution in [0.4, 0.5) is 5.69 Å². The van der Waals surface area contributed by atoms with Crippen LogP contribution in [0.2, 0.25) is 15.1 Å². The van der Waals surface area contributed by atoms with Crippen LogP contribution in [0.1, 0.15) is 0 Å². The molecule has 0 bridgehead atoms. The number of hydrogen-bond acceptors (Lipinski definition) is 4. The van der Waals surface area contributed by atoms with E-state index in [0.717, 1.165) is 5.56 Å². The summed E-state index contributed by atoms with van der Waals surface area (Å²) in [6.45, 7) is 0. The number of anilines is 1. The molecule has 0 fully saturated rings. The zero-order valence-corrected chi connectivity index (χ0v) is 15.7. The summed E-state index contributed by atoms with van der Waals surface area (Å²) in [6.07, 6.45) is 0. The molecule has 25 heavy (non-hydrogen) atoms. The number of aromatic nitrogens is 3. The second-order valence-corrected chi connectivity index (χ2v) is 7.02. The molecule has 2 aromatic carbocycles. The fraction of sp³-hybridized carbons (Fsp3) is 0.0625. The van der Waals surface area contributed by atoms with E-state index in [2.05, 4.69) is 20.5 Å². The number of carbonyl (C=O) groups is 1. The molecule has 0 spiro atoms. The van der Waals surface area contributed by atoms with Gasteiger partial charge in [0.2, 0.25) is 11.1 Å². The van der Waals surface area contributed by atoms with Crippen molar-refractivity contribution in [3.8, 4) is 11.4 Å². The molecule has 0 aliphatic heterocycles. The number of nitrogens with zero attached hydrogens (tertiary/aromatic N) is 2. The molecule has 0 radical (unpaired) electrons. The lowest BCUT2D eigenvalue weighted by Crippen LogP contribution is -2.14. The largest absolute Gasteiger partial charge is 0.324 e. The molecule has 2 N–H and O–H groups in total. The molecule has 1 heterocycles. The summed E-state index contributed by atoms with van der Waals surface area (Å²) in [6, 6.07) is 12.3. The first-order chi connectivity index (χ1) is 12.0. The van der Waals surface area contributed by atoms with Crippen molar-refractivity contribution >= 4 is 58.2 Å². The Morgan fingerprint density at radius 2 is 1.84 bits per heavy atom. The van der Waals surface area contributed by atoms with Crippen LogP contribution in [-0.4, -0.2) is 26.8 Å². The van der Waals surface area contributed by atoms with E-state index in [1.54, 1.807) is 24.3 Å². The number of thioether (sulfide) groups is 1. The van der Waals surface area contributed by atoms with E-state index in [1.807, 2.05) is 18.2 Å². The van der Waals surface area contributed by atoms with Crippen LogP contribution < -0.4 is 5.32 Å². The fourth-order valence-corrected chi connectivity index (χ4v) is 3.17. The first kappa shape index (κ1) is 18.1. The Hall–Kier alpha value is -1.73. The number of H-pyrrole nitrogens is 1. The lowest BCUT2D eigenvalue weighted by atomic mass is 10.2. The fourth-order valence-electron chi connectivity index (χ4n) is 2.00. The number of carbonyl (C=O) groups excluding carboxylic acids is 1. The maximum absolute atomic E-state index is 12.1. The third-order valence-corrected chi connectivity index (χ3v) is 5.15. The topological polar surface area (TPSA) is 70.7 Å². The van der Waals surface area contributed by atoms with E-state index in [-0.39, 0.29) is 11.7 Å². The van der Waals surface area contributed by atoms with Crippen molar-refractivity contribution in [3.05, 3.63) is 57.5 Å². The highest BCUT2D eigenvalue weighted by Gasteiger charge is 2.12. The molecule has 5 nitrogen and oxygen atoms in total. The number of nitrogens with one attached hydrogen (secondary N) is 2. The maximum Gasteiger partial charge on any atom is 0.234 e. The average molecular weight is 414 g/mol. The number of benzene rings is 2. The van der Waals surface area contributed by atoms with Gasteiger partial charge in [-0.2, -0.15) is 0 Å². The predicted molar refractivity (Wildman–Crippen MR) is 103 cm³/mol. The van der Waals surface area contributed by atoms with E-state index in [9.17, 15) is 4.79 Å². The molecule has 0 aliphatic carbocycles. The molecular formula is C16H11Cl3N4OS. The summed E-state index contributed by atoms with van der Waals surface area (Å²) in [5.74, 6) is 0.438. The van der Waals surface area contributed by atoms with E-state index in [1.165, 1.54) is 11.8 Å². The third kappa shape index (κ3) is 4.46. The van der Waals surface area contributed by atoms with Crippen molar-refractivity contribution < 1.29 is 4.79 Å². The van der Waals surface area contributed by atoms with Crippen molar-refractivity contribution in [3.63, 3.8) is 0 Å². The van der Waals surface area contributed by atoms with Crippen LogP contribution in [0.15, 0.2) is 47.6 Å². The minimum Gasteiger partial charge on any atom is -0.324 e. The Morgan fingerprint density at radius 3 is 2.64 bits per heavy atom. The zero-order chi connectivity index (χ0) is 17.8. The minimum atomic E-state index is -0.238. The smallest absolute Gasteiger partial charge is 0.234 e. The molecule has 1 amide bonds. The first-order valence-corrected chi connectivity index (χ1v) is 9.20. The zero-order valence-electron chi connectivity index (χ0n) is 12.6. The summed E-state index contributed by atoms with van der Waals surface area (Å²) in [5, 5.41) is 11.3. The summed E-state index contributed by atoms with van der Waals surface area (Å²) in [4.78, 5) is 16.4. The van der Waals surface area contributed by atoms with Gasteiger partial charge in [-0.1, -0.05) is 64.8 Å². The van der Waals surface area contributed by atoms with Gasteiger partial charge in [0.15, 0.2) is 5.82 Å². The lowest BCUT2D eigenvalue weighted by Gasteiger charge is -2.07. The number of rotatable bonds is 5. The Labute approximate surface area is 163 Å². The Bertz CT molecular complexity index is 916. The number of amides is 1. The highest BCUT2D eigenvalue weighted by molar-refractivity contribution is 7.99. The number of hydrogen-bond donors (Lipinski definition) is 2. The second-order valence-electron chi connectivity index (χ2n) is 4.88. The highest BCUT2D eigenvalue weighted by Crippen LogP contribution is 2.30. The van der Waals surface area contributed by atoms with Crippen LogP contribution in [-0.2, 0) is 4.79 Å². The minimum absolute atomic E-state index is 0.128. The summed E-state index contributed by atoms with van der Waals surface area (Å²) >= 11 is 19.3. The molecule has 9 heteroatoms. The molecular weight excluding hydrogens is 403 g/mol. The van der Waals surface area contributed by atoms with Gasteiger partial charge in [-0.3, -0.25) is 9.89 Å². The van der Waals surface area contributed by atoms with Crippen molar-refractivity contribution in [1.29, 1.82) is 0 Å². The standard InChI is InChI=1S/C16H11Cl3N4OS/c17-10-5-2-1-4-9(10)15-21-16(23-22-15)25-8-13(24)20-12-7-3-6-11(18)14(12)19/h1-7H,8H2,(H,20,24)(H,21,22,23). The lowest BCUT2D eigenvalue weighted by molar-refractivity contribution is -0.113. The van der Waals surface area contributed by atoms with Crippen molar-refractivity contribution in [1.82, 2.24) is 15.2 Å².